The van der Waals surface area contributed by atoms with Crippen LogP contribution >= 0.6 is 11.6 Å². The van der Waals surface area contributed by atoms with Crippen LogP contribution in [0.2, 0.25) is 5.02 Å². The Bertz CT molecular complexity index is 1170. The van der Waals surface area contributed by atoms with Crippen LogP contribution in [0.15, 0.2) is 78.6 Å². The smallest absolute Gasteiger partial charge is 0.295 e. The molecule has 1 aromatic heterocycles. The van der Waals surface area contributed by atoms with Crippen molar-refractivity contribution < 1.29 is 14.7 Å². The Hall–Kier alpha value is -3.64. The molecule has 2 aromatic carbocycles. The Balaban J connectivity index is 1.84. The van der Waals surface area contributed by atoms with E-state index in [-0.39, 0.29) is 17.9 Å². The Morgan fingerprint density at radius 3 is 2.34 bits per heavy atom. The molecule has 0 unspecified atom stereocenters. The third-order valence-electron chi connectivity index (χ3n) is 5.46. The minimum atomic E-state index is -0.734. The van der Waals surface area contributed by atoms with Crippen LogP contribution in [0.4, 0.5) is 5.69 Å². The summed E-state index contributed by atoms with van der Waals surface area (Å²) >= 11 is 5.97. The van der Waals surface area contributed by atoms with Crippen LogP contribution in [-0.4, -0.2) is 40.8 Å². The summed E-state index contributed by atoms with van der Waals surface area (Å²) in [5.74, 6) is -1.61. The molecule has 2 heterocycles. The molecule has 1 amide bonds. The van der Waals surface area contributed by atoms with Crippen LogP contribution in [0, 0.1) is 0 Å². The fraction of sp³-hybridized carbons (Fsp3) is 0.160. The normalized spacial score (nSPS) is 17.6. The van der Waals surface area contributed by atoms with E-state index in [0.29, 0.717) is 10.6 Å². The summed E-state index contributed by atoms with van der Waals surface area (Å²) < 4.78 is 0. The number of pyridine rings is 1. The van der Waals surface area contributed by atoms with Crippen molar-refractivity contribution in [3.05, 3.63) is 100 Å². The summed E-state index contributed by atoms with van der Waals surface area (Å²) in [4.78, 5) is 33.7. The first kappa shape index (κ1) is 21.6. The number of aliphatic hydroxyl groups is 1. The summed E-state index contributed by atoms with van der Waals surface area (Å²) in [6.07, 6.45) is 3.31. The number of benzene rings is 2. The van der Waals surface area contributed by atoms with Crippen molar-refractivity contribution in [2.24, 2.45) is 0 Å². The van der Waals surface area contributed by atoms with Gasteiger partial charge in [-0.2, -0.15) is 0 Å². The molecule has 0 spiro atoms. The molecule has 0 radical (unpaired) electrons. The summed E-state index contributed by atoms with van der Waals surface area (Å²) in [5, 5.41) is 11.6. The van der Waals surface area contributed by atoms with Gasteiger partial charge in [0.05, 0.1) is 11.6 Å². The molecule has 6 nitrogen and oxygen atoms in total. The average Bonchev–Trinajstić information content (AvgIpc) is 3.05. The Kier molecular flexibility index (Phi) is 5.97. The summed E-state index contributed by atoms with van der Waals surface area (Å²) in [6.45, 7) is 0.190. The molecule has 1 atom stereocenters. The van der Waals surface area contributed by atoms with Crippen molar-refractivity contribution >= 4 is 34.7 Å². The molecular formula is C25H22ClN3O3. The van der Waals surface area contributed by atoms with E-state index < -0.39 is 17.7 Å². The number of aromatic nitrogens is 1. The van der Waals surface area contributed by atoms with Crippen molar-refractivity contribution in [2.45, 2.75) is 12.6 Å². The predicted molar refractivity (Wildman–Crippen MR) is 124 cm³/mol. The van der Waals surface area contributed by atoms with Gasteiger partial charge in [0.25, 0.3) is 11.7 Å². The molecule has 0 aliphatic carbocycles. The summed E-state index contributed by atoms with van der Waals surface area (Å²) in [5.41, 5.74) is 2.98. The number of nitrogens with zero attached hydrogens (tertiary/aromatic N) is 3. The lowest BCUT2D eigenvalue weighted by molar-refractivity contribution is -0.140. The zero-order valence-electron chi connectivity index (χ0n) is 17.7. The molecule has 1 aliphatic rings. The molecule has 1 N–H and O–H groups in total. The highest BCUT2D eigenvalue weighted by Crippen LogP contribution is 2.40. The van der Waals surface area contributed by atoms with Crippen molar-refractivity contribution in [1.82, 2.24) is 9.88 Å². The SMILES string of the molecule is CN(C)c1ccc([C@@H]2C(=C(O)c3ccc(Cl)cc3)C(=O)C(=O)N2Cc2cccnc2)cc1. The molecule has 0 bridgehead atoms. The van der Waals surface area contributed by atoms with E-state index in [0.717, 1.165) is 16.8 Å². The fourth-order valence-electron chi connectivity index (χ4n) is 3.80. The lowest BCUT2D eigenvalue weighted by atomic mass is 9.95. The Labute approximate surface area is 191 Å². The van der Waals surface area contributed by atoms with Crippen LogP contribution in [0.1, 0.15) is 22.7 Å². The lowest BCUT2D eigenvalue weighted by Gasteiger charge is -2.26. The average molecular weight is 448 g/mol. The number of hydrogen-bond donors (Lipinski definition) is 1. The fourth-order valence-corrected chi connectivity index (χ4v) is 3.92. The second-order valence-corrected chi connectivity index (χ2v) is 8.22. The van der Waals surface area contributed by atoms with Crippen LogP contribution in [0.3, 0.4) is 0 Å². The van der Waals surface area contributed by atoms with E-state index in [9.17, 15) is 14.7 Å². The second kappa shape index (κ2) is 8.85. The molecule has 4 rings (SSSR count). The molecule has 0 saturated carbocycles. The molecule has 1 saturated heterocycles. The first-order valence-electron chi connectivity index (χ1n) is 10.1. The van der Waals surface area contributed by atoms with Crippen LogP contribution < -0.4 is 4.90 Å². The van der Waals surface area contributed by atoms with Crippen molar-refractivity contribution in [2.75, 3.05) is 19.0 Å². The lowest BCUT2D eigenvalue weighted by Crippen LogP contribution is -2.29. The van der Waals surface area contributed by atoms with E-state index in [4.69, 9.17) is 11.6 Å². The molecule has 1 fully saturated rings. The number of Topliss-reactive ketones (excluding diaryl/α,β-unsaturated/α-hetero) is 1. The monoisotopic (exact) mass is 447 g/mol. The first-order chi connectivity index (χ1) is 15.4. The van der Waals surface area contributed by atoms with Crippen molar-refractivity contribution in [3.63, 3.8) is 0 Å². The van der Waals surface area contributed by atoms with Gasteiger partial charge < -0.3 is 14.9 Å². The van der Waals surface area contributed by atoms with E-state index in [1.165, 1.54) is 4.90 Å². The highest BCUT2D eigenvalue weighted by atomic mass is 35.5. The van der Waals surface area contributed by atoms with Crippen molar-refractivity contribution in [1.29, 1.82) is 0 Å². The number of anilines is 1. The Morgan fingerprint density at radius 1 is 1.06 bits per heavy atom. The number of carbonyl (C=O) groups is 2. The van der Waals surface area contributed by atoms with Gasteiger partial charge in [-0.15, -0.1) is 0 Å². The summed E-state index contributed by atoms with van der Waals surface area (Å²) in [6, 6.07) is 17.0. The Morgan fingerprint density at radius 2 is 1.75 bits per heavy atom. The number of carbonyl (C=O) groups excluding carboxylic acids is 2. The van der Waals surface area contributed by atoms with Crippen molar-refractivity contribution in [3.8, 4) is 0 Å². The molecule has 32 heavy (non-hydrogen) atoms. The van der Waals surface area contributed by atoms with E-state index >= 15 is 0 Å². The molecular weight excluding hydrogens is 426 g/mol. The number of hydrogen-bond acceptors (Lipinski definition) is 5. The van der Waals surface area contributed by atoms with Gasteiger partial charge in [0.2, 0.25) is 0 Å². The highest BCUT2D eigenvalue weighted by Gasteiger charge is 2.46. The zero-order chi connectivity index (χ0) is 22.8. The third-order valence-corrected chi connectivity index (χ3v) is 5.71. The number of ketones is 1. The van der Waals surface area contributed by atoms with Crippen LogP contribution in [-0.2, 0) is 16.1 Å². The zero-order valence-corrected chi connectivity index (χ0v) is 18.5. The molecule has 1 aliphatic heterocycles. The number of aliphatic hydroxyl groups excluding tert-OH is 1. The maximum Gasteiger partial charge on any atom is 0.295 e. The minimum absolute atomic E-state index is 0.0545. The third kappa shape index (κ3) is 4.09. The van der Waals surface area contributed by atoms with Gasteiger partial charge in [-0.3, -0.25) is 14.6 Å². The maximum absolute atomic E-state index is 13.1. The maximum atomic E-state index is 13.1. The second-order valence-electron chi connectivity index (χ2n) is 7.78. The molecule has 3 aromatic rings. The number of halogens is 1. The standard InChI is InChI=1S/C25H22ClN3O3/c1-28(2)20-11-7-17(8-12-20)22-21(23(30)18-5-9-19(26)10-6-18)24(31)25(32)29(22)15-16-4-3-13-27-14-16/h3-14,22,30H,15H2,1-2H3/t22-/m1/s1. The number of likely N-dealkylation sites (tertiary alicyclic amines) is 1. The quantitative estimate of drug-likeness (QED) is 0.356. The number of rotatable bonds is 5. The van der Waals surface area contributed by atoms with Gasteiger partial charge in [-0.1, -0.05) is 29.8 Å². The van der Waals surface area contributed by atoms with E-state index in [1.807, 2.05) is 49.3 Å². The topological polar surface area (TPSA) is 73.7 Å². The van der Waals surface area contributed by atoms with E-state index in [2.05, 4.69) is 4.98 Å². The van der Waals surface area contributed by atoms with Gasteiger partial charge in [0.15, 0.2) is 0 Å². The van der Waals surface area contributed by atoms with Crippen LogP contribution in [0.25, 0.3) is 5.76 Å². The van der Waals surface area contributed by atoms with Gasteiger partial charge in [-0.25, -0.2) is 0 Å². The molecule has 162 valence electrons. The first-order valence-corrected chi connectivity index (χ1v) is 10.4. The van der Waals surface area contributed by atoms with Gasteiger partial charge >= 0.3 is 0 Å². The number of amides is 1. The van der Waals surface area contributed by atoms with Gasteiger partial charge in [0, 0.05) is 49.3 Å². The highest BCUT2D eigenvalue weighted by molar-refractivity contribution is 6.46. The minimum Gasteiger partial charge on any atom is -0.507 e. The molecule has 7 heteroatoms. The van der Waals surface area contributed by atoms with Gasteiger partial charge in [-0.05, 0) is 53.6 Å². The van der Waals surface area contributed by atoms with Crippen LogP contribution in [0.5, 0.6) is 0 Å². The van der Waals surface area contributed by atoms with Gasteiger partial charge in [0.1, 0.15) is 5.76 Å². The predicted octanol–water partition coefficient (Wildman–Crippen LogP) is 4.42. The van der Waals surface area contributed by atoms with E-state index in [1.54, 1.807) is 42.7 Å². The largest absolute Gasteiger partial charge is 0.507 e. The summed E-state index contributed by atoms with van der Waals surface area (Å²) in [7, 11) is 3.87.